The molecule has 1 aliphatic rings. The van der Waals surface area contributed by atoms with Gasteiger partial charge in [0.15, 0.2) is 0 Å². The molecule has 0 bridgehead atoms. The summed E-state index contributed by atoms with van der Waals surface area (Å²) in [5, 5.41) is 0. The third-order valence-corrected chi connectivity index (χ3v) is 4.31. The third-order valence-electron chi connectivity index (χ3n) is 3.06. The molecule has 4 unspecified atom stereocenters. The smallest absolute Gasteiger partial charge is 0.407 e. The molecule has 1 aliphatic heterocycles. The van der Waals surface area contributed by atoms with E-state index in [1.54, 1.807) is 20.8 Å². The molecule has 0 aromatic carbocycles. The minimum absolute atomic E-state index is 0. The van der Waals surface area contributed by atoms with Crippen LogP contribution in [-0.4, -0.2) is 29.3 Å². The van der Waals surface area contributed by atoms with Gasteiger partial charge < -0.3 is 9.63 Å². The van der Waals surface area contributed by atoms with Gasteiger partial charge in [0, 0.05) is 21.1 Å². The zero-order valence-corrected chi connectivity index (χ0v) is 17.8. The van der Waals surface area contributed by atoms with Gasteiger partial charge >= 0.3 is 7.82 Å². The van der Waals surface area contributed by atoms with Crippen LogP contribution in [0.15, 0.2) is 0 Å². The molecule has 21 heavy (non-hydrogen) atoms. The maximum absolute atomic E-state index is 11.9. The van der Waals surface area contributed by atoms with E-state index in [0.29, 0.717) is 0 Å². The molecule has 0 aromatic rings. The van der Waals surface area contributed by atoms with Crippen molar-refractivity contribution < 1.29 is 44.3 Å². The van der Waals surface area contributed by atoms with E-state index in [0.717, 1.165) is 0 Å². The molecule has 1 saturated heterocycles. The Balaban J connectivity index is 0.00000400. The van der Waals surface area contributed by atoms with Gasteiger partial charge in [-0.15, -0.1) is 5.92 Å². The maximum Gasteiger partial charge on any atom is 0.472 e. The number of phosphoric acid groups is 1. The zero-order valence-electron chi connectivity index (χ0n) is 14.0. The van der Waals surface area contributed by atoms with E-state index in [1.165, 1.54) is 0 Å². The van der Waals surface area contributed by atoms with Gasteiger partial charge in [-0.3, -0.25) is 15.5 Å². The zero-order chi connectivity index (χ0) is 15.8. The van der Waals surface area contributed by atoms with E-state index in [-0.39, 0.29) is 51.2 Å². The predicted molar refractivity (Wildman–Crippen MR) is 78.2 cm³/mol. The van der Waals surface area contributed by atoms with Crippen LogP contribution >= 0.6 is 7.82 Å². The topological polar surface area (TPSA) is 65.0 Å². The fraction of sp³-hybridized carbons (Fsp3) is 0.929. The van der Waals surface area contributed by atoms with Gasteiger partial charge in [-0.1, -0.05) is 39.2 Å². The second-order valence-corrected chi connectivity index (χ2v) is 8.81. The third kappa shape index (κ3) is 7.72. The molecule has 1 rings (SSSR count). The molecule has 5 nitrogen and oxygen atoms in total. The fourth-order valence-electron chi connectivity index (χ4n) is 2.35. The van der Waals surface area contributed by atoms with Crippen molar-refractivity contribution in [2.75, 3.05) is 6.61 Å². The number of hydrogen-bond donors (Lipinski definition) is 1. The monoisotopic (exact) mass is 491 g/mol. The molecular formula is C14H28O5PW-. The minimum atomic E-state index is -4.06. The van der Waals surface area contributed by atoms with Crippen LogP contribution in [0.1, 0.15) is 48.5 Å². The van der Waals surface area contributed by atoms with Gasteiger partial charge in [0.1, 0.15) is 0 Å². The molecule has 7 heteroatoms. The van der Waals surface area contributed by atoms with Gasteiger partial charge in [0.25, 0.3) is 0 Å². The van der Waals surface area contributed by atoms with Crippen molar-refractivity contribution in [3.8, 4) is 0 Å². The van der Waals surface area contributed by atoms with Crippen molar-refractivity contribution in [1.82, 2.24) is 0 Å². The van der Waals surface area contributed by atoms with Crippen LogP contribution in [0.3, 0.4) is 0 Å². The fourth-order valence-corrected chi connectivity index (χ4v) is 3.43. The first-order chi connectivity index (χ1) is 8.80. The molecule has 1 N–H and O–H groups in total. The average molecular weight is 491 g/mol. The van der Waals surface area contributed by atoms with Gasteiger partial charge in [-0.05, 0) is 20.8 Å². The molecule has 0 aliphatic carbocycles. The van der Waals surface area contributed by atoms with E-state index in [9.17, 15) is 9.46 Å². The molecular weight excluding hydrogens is 463 g/mol. The maximum atomic E-state index is 11.9. The average Bonchev–Trinajstić information content (AvgIpc) is 2.52. The van der Waals surface area contributed by atoms with E-state index in [2.05, 4.69) is 27.2 Å². The van der Waals surface area contributed by atoms with E-state index in [4.69, 9.17) is 13.8 Å². The van der Waals surface area contributed by atoms with Crippen LogP contribution in [0.4, 0.5) is 0 Å². The molecule has 0 aromatic heterocycles. The predicted octanol–water partition coefficient (Wildman–Crippen LogP) is 3.57. The standard InChI is InChI=1S/C14H28O5P.W/c1-10-8-11(13(2,3)4)12(18-10)9-17-20(15,16)19-14(5,6)7;/h8,10-12H,9H2,1-7H3,(H,15,16);/q-1;. The Morgan fingerprint density at radius 3 is 2.19 bits per heavy atom. The van der Waals surface area contributed by atoms with Crippen LogP contribution in [0.2, 0.25) is 0 Å². The van der Waals surface area contributed by atoms with E-state index < -0.39 is 13.4 Å². The van der Waals surface area contributed by atoms with Crippen LogP contribution < -0.4 is 0 Å². The Kier molecular flexibility index (Phi) is 7.82. The quantitative estimate of drug-likeness (QED) is 0.482. The summed E-state index contributed by atoms with van der Waals surface area (Å²) >= 11 is 0. The Labute approximate surface area is 143 Å². The number of rotatable bonds is 4. The first kappa shape index (κ1) is 21.8. The van der Waals surface area contributed by atoms with Crippen LogP contribution in [0, 0.1) is 17.8 Å². The first-order valence-electron chi connectivity index (χ1n) is 6.99. The van der Waals surface area contributed by atoms with Gasteiger partial charge in [0.05, 0.1) is 18.3 Å². The van der Waals surface area contributed by atoms with Crippen molar-refractivity contribution >= 4 is 7.82 Å². The summed E-state index contributed by atoms with van der Waals surface area (Å²) < 4.78 is 27.8. The molecule has 0 radical (unpaired) electrons. The van der Waals surface area contributed by atoms with Crippen molar-refractivity contribution in [2.24, 2.45) is 11.3 Å². The molecule has 0 spiro atoms. The Morgan fingerprint density at radius 2 is 1.76 bits per heavy atom. The van der Waals surface area contributed by atoms with Crippen molar-refractivity contribution in [3.05, 3.63) is 6.42 Å². The number of hydrogen-bond acceptors (Lipinski definition) is 4. The normalized spacial score (nSPS) is 29.8. The summed E-state index contributed by atoms with van der Waals surface area (Å²) in [6, 6.07) is 0. The number of ether oxygens (including phenoxy) is 1. The van der Waals surface area contributed by atoms with Crippen molar-refractivity contribution in [2.45, 2.75) is 66.3 Å². The van der Waals surface area contributed by atoms with Crippen LogP contribution in [-0.2, 0) is 39.4 Å². The molecule has 4 atom stereocenters. The number of phosphoric ester groups is 1. The van der Waals surface area contributed by atoms with Gasteiger partial charge in [-0.2, -0.15) is 0 Å². The summed E-state index contributed by atoms with van der Waals surface area (Å²) in [5.41, 5.74) is -0.716. The molecule has 1 fully saturated rings. The SMILES string of the molecule is CC1[CH-]C(C(C)(C)C)C(COP(=O)(O)OC(C)(C)C)O1.[W]. The second kappa shape index (κ2) is 7.55. The molecule has 0 saturated carbocycles. The largest absolute Gasteiger partial charge is 0.472 e. The first-order valence-corrected chi connectivity index (χ1v) is 8.48. The second-order valence-electron chi connectivity index (χ2n) is 7.43. The Hall–Kier alpha value is 0.758. The Morgan fingerprint density at radius 1 is 1.24 bits per heavy atom. The van der Waals surface area contributed by atoms with Gasteiger partial charge in [-0.25, -0.2) is 4.57 Å². The van der Waals surface area contributed by atoms with E-state index >= 15 is 0 Å². The van der Waals surface area contributed by atoms with Crippen molar-refractivity contribution in [3.63, 3.8) is 0 Å². The molecule has 126 valence electrons. The van der Waals surface area contributed by atoms with E-state index in [1.807, 2.05) is 6.92 Å². The Bertz CT molecular complexity index is 375. The summed E-state index contributed by atoms with van der Waals surface area (Å²) in [6.45, 7) is 13.5. The van der Waals surface area contributed by atoms with Crippen LogP contribution in [0.25, 0.3) is 0 Å². The van der Waals surface area contributed by atoms with Crippen LogP contribution in [0.5, 0.6) is 0 Å². The summed E-state index contributed by atoms with van der Waals surface area (Å²) in [4.78, 5) is 9.71. The minimum Gasteiger partial charge on any atom is -0.407 e. The van der Waals surface area contributed by atoms with Crippen molar-refractivity contribution in [1.29, 1.82) is 0 Å². The summed E-state index contributed by atoms with van der Waals surface area (Å²) in [5.74, 6) is 0.173. The van der Waals surface area contributed by atoms with Gasteiger partial charge in [0.2, 0.25) is 0 Å². The summed E-state index contributed by atoms with van der Waals surface area (Å²) in [7, 11) is -4.06. The molecule has 0 amide bonds. The summed E-state index contributed by atoms with van der Waals surface area (Å²) in [6.07, 6.45) is 1.92. The molecule has 1 heterocycles.